The summed E-state index contributed by atoms with van der Waals surface area (Å²) in [6.07, 6.45) is -4.20. The summed E-state index contributed by atoms with van der Waals surface area (Å²) in [5.74, 6) is 1.15. The zero-order valence-electron chi connectivity index (χ0n) is 24.5. The van der Waals surface area contributed by atoms with E-state index in [2.05, 4.69) is 16.3 Å². The molecular formula is C29H35ClN3O10P. The monoisotopic (exact) mass is 651 g/mol. The first-order valence-electron chi connectivity index (χ1n) is 13.6. The van der Waals surface area contributed by atoms with E-state index in [9.17, 15) is 29.5 Å². The molecule has 2 aromatic carbocycles. The predicted molar refractivity (Wildman–Crippen MR) is 160 cm³/mol. The maximum Gasteiger partial charge on any atom is 0.459 e. The first kappa shape index (κ1) is 33.7. The van der Waals surface area contributed by atoms with Gasteiger partial charge in [-0.3, -0.25) is 14.1 Å². The summed E-state index contributed by atoms with van der Waals surface area (Å²) in [7, 11) is -4.45. The summed E-state index contributed by atoms with van der Waals surface area (Å²) in [6.45, 7) is 6.55. The molecule has 0 bridgehead atoms. The van der Waals surface area contributed by atoms with Crippen molar-refractivity contribution < 1.29 is 48.0 Å². The molecule has 2 aliphatic heterocycles. The molecule has 238 valence electrons. The van der Waals surface area contributed by atoms with Gasteiger partial charge in [-0.25, -0.2) is 4.57 Å². The molecule has 1 amide bonds. The van der Waals surface area contributed by atoms with Crippen LogP contribution < -0.4 is 14.9 Å². The standard InChI is InChI=1S/C29H35ClN3O10P/c1-18(25(36)40-17-28(2,3)4)32-44(39,43-21-11-7-9-19-8-5-6-10-20(19)21)41-16-22-24(35)29(38,13-14-30)26(42-22)33-15-12-23(34)31-27(33)37/h5-12,15,18,22,24,26-27,35,37-38H,16-17H2,1-4H3,(H,31,34)(H,32,39)/t18-,22+,24?,26+,27?,29?,44+/m0/s1. The third-order valence-corrected chi connectivity index (χ3v) is 8.41. The van der Waals surface area contributed by atoms with Crippen molar-refractivity contribution in [2.45, 2.75) is 64.1 Å². The average molecular weight is 652 g/mol. The molecule has 2 aromatic rings. The van der Waals surface area contributed by atoms with E-state index in [1.165, 1.54) is 6.92 Å². The maximum atomic E-state index is 14.2. The van der Waals surface area contributed by atoms with Crippen molar-refractivity contribution in [1.82, 2.24) is 15.3 Å². The summed E-state index contributed by atoms with van der Waals surface area (Å²) < 4.78 is 37.0. The predicted octanol–water partition coefficient (Wildman–Crippen LogP) is 2.15. The lowest BCUT2D eigenvalue weighted by atomic mass is 9.94. The molecule has 4 rings (SSSR count). The van der Waals surface area contributed by atoms with Gasteiger partial charge in [0.15, 0.2) is 11.8 Å². The highest BCUT2D eigenvalue weighted by Crippen LogP contribution is 2.48. The number of rotatable bonds is 10. The van der Waals surface area contributed by atoms with E-state index >= 15 is 0 Å². The number of ether oxygens (including phenoxy) is 2. The Kier molecular flexibility index (Phi) is 10.3. The number of benzene rings is 2. The highest BCUT2D eigenvalue weighted by Gasteiger charge is 2.58. The van der Waals surface area contributed by atoms with Crippen LogP contribution in [0.4, 0.5) is 0 Å². The minimum atomic E-state index is -4.45. The van der Waals surface area contributed by atoms with Crippen LogP contribution in [-0.2, 0) is 28.2 Å². The van der Waals surface area contributed by atoms with Crippen molar-refractivity contribution in [3.63, 3.8) is 0 Å². The Balaban J connectivity index is 1.60. The van der Waals surface area contributed by atoms with Crippen molar-refractivity contribution in [3.8, 4) is 17.0 Å². The topological polar surface area (TPSA) is 176 Å². The largest absolute Gasteiger partial charge is 0.464 e. The summed E-state index contributed by atoms with van der Waals surface area (Å²) >= 11 is 5.57. The lowest BCUT2D eigenvalue weighted by Crippen LogP contribution is -2.60. The third kappa shape index (κ3) is 7.72. The zero-order valence-corrected chi connectivity index (χ0v) is 26.1. The highest BCUT2D eigenvalue weighted by molar-refractivity contribution is 7.52. The molecule has 2 aliphatic rings. The minimum absolute atomic E-state index is 0.105. The number of hydrogen-bond acceptors (Lipinski definition) is 11. The van der Waals surface area contributed by atoms with Crippen LogP contribution in [0.25, 0.3) is 10.8 Å². The fourth-order valence-corrected chi connectivity index (χ4v) is 6.15. The van der Waals surface area contributed by atoms with Gasteiger partial charge in [-0.1, -0.05) is 57.2 Å². The van der Waals surface area contributed by atoms with Crippen LogP contribution in [-0.4, -0.2) is 81.7 Å². The van der Waals surface area contributed by atoms with Gasteiger partial charge in [0.25, 0.3) is 0 Å². The Morgan fingerprint density at radius 1 is 1.25 bits per heavy atom. The summed E-state index contributed by atoms with van der Waals surface area (Å²) in [5, 5.41) is 40.9. The van der Waals surface area contributed by atoms with E-state index in [0.717, 1.165) is 22.6 Å². The van der Waals surface area contributed by atoms with Gasteiger partial charge in [-0.05, 0) is 41.3 Å². The number of amides is 1. The summed E-state index contributed by atoms with van der Waals surface area (Å²) in [5.41, 5.74) is -2.70. The van der Waals surface area contributed by atoms with Crippen LogP contribution >= 0.6 is 19.3 Å². The van der Waals surface area contributed by atoms with Crippen LogP contribution in [0.5, 0.6) is 5.75 Å². The molecule has 2 heterocycles. The van der Waals surface area contributed by atoms with E-state index in [-0.39, 0.29) is 17.8 Å². The van der Waals surface area contributed by atoms with Crippen LogP contribution in [0.15, 0.2) is 54.7 Å². The molecule has 7 atom stereocenters. The molecule has 13 nitrogen and oxygen atoms in total. The second-order valence-electron chi connectivity index (χ2n) is 11.5. The number of aliphatic hydroxyl groups excluding tert-OH is 2. The van der Waals surface area contributed by atoms with Gasteiger partial charge in [0, 0.05) is 23.0 Å². The number of nitrogens with zero attached hydrogens (tertiary/aromatic N) is 1. The lowest BCUT2D eigenvalue weighted by molar-refractivity contribution is -0.164. The van der Waals surface area contributed by atoms with Crippen molar-refractivity contribution in [2.75, 3.05) is 13.2 Å². The minimum Gasteiger partial charge on any atom is -0.464 e. The average Bonchev–Trinajstić information content (AvgIpc) is 3.19. The maximum absolute atomic E-state index is 14.2. The zero-order chi connectivity index (χ0) is 32.3. The summed E-state index contributed by atoms with van der Waals surface area (Å²) in [4.78, 5) is 25.4. The van der Waals surface area contributed by atoms with E-state index < -0.39 is 62.7 Å². The Hall–Kier alpha value is -3.18. The number of fused-ring (bicyclic) bond motifs is 1. The molecule has 15 heteroatoms. The van der Waals surface area contributed by atoms with Gasteiger partial charge in [0.2, 0.25) is 12.3 Å². The molecule has 0 spiro atoms. The number of carbonyl (C=O) groups is 2. The van der Waals surface area contributed by atoms with Crippen molar-refractivity contribution in [2.24, 2.45) is 5.41 Å². The fraction of sp³-hybridized carbons (Fsp3) is 0.448. The molecule has 0 saturated carbocycles. The normalized spacial score (nSPS) is 27.2. The van der Waals surface area contributed by atoms with Gasteiger partial charge in [0.1, 0.15) is 24.0 Å². The number of carbonyl (C=O) groups excluding carboxylic acids is 2. The Morgan fingerprint density at radius 3 is 2.64 bits per heavy atom. The lowest BCUT2D eigenvalue weighted by Gasteiger charge is -2.38. The van der Waals surface area contributed by atoms with Gasteiger partial charge < -0.3 is 39.5 Å². The molecular weight excluding hydrogens is 617 g/mol. The fourth-order valence-electron chi connectivity index (χ4n) is 4.47. The van der Waals surface area contributed by atoms with Crippen LogP contribution in [0.3, 0.4) is 0 Å². The van der Waals surface area contributed by atoms with Gasteiger partial charge in [0.05, 0.1) is 13.2 Å². The van der Waals surface area contributed by atoms with Gasteiger partial charge >= 0.3 is 13.7 Å². The smallest absolute Gasteiger partial charge is 0.459 e. The number of hydrogen-bond donors (Lipinski definition) is 5. The van der Waals surface area contributed by atoms with Gasteiger partial charge in [-0.15, -0.1) is 0 Å². The van der Waals surface area contributed by atoms with Gasteiger partial charge in [-0.2, -0.15) is 5.09 Å². The molecule has 1 fully saturated rings. The van der Waals surface area contributed by atoms with E-state index in [4.69, 9.17) is 30.1 Å². The summed E-state index contributed by atoms with van der Waals surface area (Å²) in [6, 6.07) is 11.1. The number of aliphatic hydroxyl groups is 3. The third-order valence-electron chi connectivity index (χ3n) is 6.68. The first-order chi connectivity index (χ1) is 20.7. The van der Waals surface area contributed by atoms with Crippen molar-refractivity contribution in [3.05, 3.63) is 54.7 Å². The molecule has 0 aliphatic carbocycles. The Labute approximate surface area is 259 Å². The van der Waals surface area contributed by atoms with Crippen LogP contribution in [0, 0.1) is 16.7 Å². The number of esters is 1. The second kappa shape index (κ2) is 13.4. The van der Waals surface area contributed by atoms with E-state index in [0.29, 0.717) is 5.39 Å². The quantitative estimate of drug-likeness (QED) is 0.144. The molecule has 0 radical (unpaired) electrons. The molecule has 1 saturated heterocycles. The Morgan fingerprint density at radius 2 is 1.95 bits per heavy atom. The SMILES string of the molecule is C[C@H](N[P@@](=O)(OC[C@H]1O[C@@H](N2C=CC(=O)NC2O)C(O)(C#CCl)C1O)Oc1cccc2ccccc12)C(=O)OCC(C)(C)C. The molecule has 3 unspecified atom stereocenters. The molecule has 0 aromatic heterocycles. The van der Waals surface area contributed by atoms with E-state index in [1.54, 1.807) is 24.3 Å². The van der Waals surface area contributed by atoms with Crippen LogP contribution in [0.2, 0.25) is 0 Å². The number of nitrogens with one attached hydrogen (secondary N) is 2. The first-order valence-corrected chi connectivity index (χ1v) is 15.6. The molecule has 5 N–H and O–H groups in total. The highest BCUT2D eigenvalue weighted by atomic mass is 35.5. The molecule has 44 heavy (non-hydrogen) atoms. The Bertz CT molecular complexity index is 1520. The van der Waals surface area contributed by atoms with Crippen molar-refractivity contribution >= 4 is 42.0 Å². The van der Waals surface area contributed by atoms with Crippen molar-refractivity contribution in [1.29, 1.82) is 0 Å². The van der Waals surface area contributed by atoms with E-state index in [1.807, 2.05) is 44.3 Å². The van der Waals surface area contributed by atoms with Crippen LogP contribution in [0.1, 0.15) is 27.7 Å². The second-order valence-corrected chi connectivity index (χ2v) is 13.4. The number of halogens is 1.